The van der Waals surface area contributed by atoms with E-state index in [1.54, 1.807) is 7.05 Å². The number of rotatable bonds is 4. The number of hydrogen-bond donors (Lipinski definition) is 2. The average Bonchev–Trinajstić information content (AvgIpc) is 2.70. The third-order valence-electron chi connectivity index (χ3n) is 2.69. The van der Waals surface area contributed by atoms with Gasteiger partial charge in [0.2, 0.25) is 5.91 Å². The van der Waals surface area contributed by atoms with E-state index in [0.717, 1.165) is 18.7 Å². The minimum Gasteiger partial charge on any atom is -0.387 e. The van der Waals surface area contributed by atoms with Gasteiger partial charge in [0.05, 0.1) is 5.84 Å². The summed E-state index contributed by atoms with van der Waals surface area (Å²) in [7, 11) is 1.63. The topological polar surface area (TPSA) is 67.5 Å². The number of amidine groups is 1. The lowest BCUT2D eigenvalue weighted by Crippen LogP contribution is -2.23. The van der Waals surface area contributed by atoms with Crippen LogP contribution in [0.2, 0.25) is 0 Å². The summed E-state index contributed by atoms with van der Waals surface area (Å²) >= 11 is 0. The predicted molar refractivity (Wildman–Crippen MR) is 57.1 cm³/mol. The van der Waals surface area contributed by atoms with Crippen LogP contribution in [0.3, 0.4) is 0 Å². The molecule has 0 aromatic carbocycles. The van der Waals surface area contributed by atoms with Gasteiger partial charge in [0, 0.05) is 25.9 Å². The van der Waals surface area contributed by atoms with Crippen molar-refractivity contribution in [2.45, 2.75) is 32.1 Å². The van der Waals surface area contributed by atoms with E-state index < -0.39 is 0 Å². The van der Waals surface area contributed by atoms with E-state index in [1.807, 2.05) is 0 Å². The highest BCUT2D eigenvalue weighted by molar-refractivity contribution is 5.83. The normalized spacial score (nSPS) is 18.5. The number of nitrogens with zero attached hydrogens (tertiary/aromatic N) is 1. The summed E-state index contributed by atoms with van der Waals surface area (Å²) in [5.74, 6) is 1.24. The highest BCUT2D eigenvalue weighted by Gasteiger charge is 2.18. The van der Waals surface area contributed by atoms with Gasteiger partial charge in [0.25, 0.3) is 0 Å². The number of aliphatic imine (C=N–C) groups is 1. The van der Waals surface area contributed by atoms with Gasteiger partial charge in [-0.3, -0.25) is 9.79 Å². The predicted octanol–water partition coefficient (Wildman–Crippen LogP) is 0.670. The molecule has 0 spiro atoms. The molecular formula is C10H19N3O. The number of nitrogens with one attached hydrogen (secondary N) is 1. The Hall–Kier alpha value is -1.06. The Morgan fingerprint density at radius 2 is 2.14 bits per heavy atom. The molecule has 80 valence electrons. The quantitative estimate of drug-likeness (QED) is 0.514. The van der Waals surface area contributed by atoms with Crippen LogP contribution in [0.15, 0.2) is 4.99 Å². The monoisotopic (exact) mass is 197 g/mol. The molecule has 4 heteroatoms. The molecule has 3 N–H and O–H groups in total. The van der Waals surface area contributed by atoms with E-state index in [1.165, 1.54) is 12.8 Å². The van der Waals surface area contributed by atoms with Crippen LogP contribution in [-0.2, 0) is 4.79 Å². The largest absolute Gasteiger partial charge is 0.387 e. The summed E-state index contributed by atoms with van der Waals surface area (Å²) in [5.41, 5.74) is 5.82. The van der Waals surface area contributed by atoms with Gasteiger partial charge in [-0.25, -0.2) is 0 Å². The fourth-order valence-corrected chi connectivity index (χ4v) is 1.76. The van der Waals surface area contributed by atoms with E-state index in [0.29, 0.717) is 18.9 Å². The lowest BCUT2D eigenvalue weighted by molar-refractivity contribution is -0.120. The Labute approximate surface area is 85.0 Å². The maximum Gasteiger partial charge on any atom is 0.221 e. The molecule has 0 heterocycles. The van der Waals surface area contributed by atoms with Crippen molar-refractivity contribution in [2.24, 2.45) is 16.6 Å². The van der Waals surface area contributed by atoms with Gasteiger partial charge in [-0.15, -0.1) is 0 Å². The number of carbonyl (C=O) groups is 1. The number of amides is 1. The van der Waals surface area contributed by atoms with Crippen molar-refractivity contribution in [1.82, 2.24) is 5.32 Å². The third-order valence-corrected chi connectivity index (χ3v) is 2.69. The van der Waals surface area contributed by atoms with Crippen LogP contribution in [0.4, 0.5) is 0 Å². The Bertz CT molecular complexity index is 219. The number of nitrogens with two attached hydrogens (primary N) is 1. The highest BCUT2D eigenvalue weighted by Crippen LogP contribution is 2.24. The van der Waals surface area contributed by atoms with Crippen LogP contribution >= 0.6 is 0 Å². The van der Waals surface area contributed by atoms with Crippen molar-refractivity contribution >= 4 is 11.7 Å². The van der Waals surface area contributed by atoms with Crippen LogP contribution in [0.25, 0.3) is 0 Å². The first-order valence-electron chi connectivity index (χ1n) is 5.24. The first-order valence-corrected chi connectivity index (χ1v) is 5.24. The van der Waals surface area contributed by atoms with Crippen LogP contribution in [0.1, 0.15) is 32.1 Å². The van der Waals surface area contributed by atoms with E-state index in [-0.39, 0.29) is 5.91 Å². The fraction of sp³-hybridized carbons (Fsp3) is 0.800. The van der Waals surface area contributed by atoms with Crippen molar-refractivity contribution in [2.75, 3.05) is 13.6 Å². The molecule has 0 aromatic rings. The van der Waals surface area contributed by atoms with E-state index in [9.17, 15) is 4.79 Å². The van der Waals surface area contributed by atoms with Crippen molar-refractivity contribution in [3.63, 3.8) is 0 Å². The minimum absolute atomic E-state index is 0.0213. The third kappa shape index (κ3) is 3.36. The average molecular weight is 197 g/mol. The zero-order chi connectivity index (χ0) is 10.4. The van der Waals surface area contributed by atoms with Gasteiger partial charge in [-0.1, -0.05) is 12.8 Å². The Balaban J connectivity index is 2.25. The SMILES string of the molecule is CNC(=O)CCN=C(N)C1CCCC1. The summed E-state index contributed by atoms with van der Waals surface area (Å²) in [6.45, 7) is 0.516. The summed E-state index contributed by atoms with van der Waals surface area (Å²) in [4.78, 5) is 15.1. The second-order valence-electron chi connectivity index (χ2n) is 3.71. The minimum atomic E-state index is 0.0213. The van der Waals surface area contributed by atoms with Gasteiger partial charge < -0.3 is 11.1 Å². The van der Waals surface area contributed by atoms with E-state index in [4.69, 9.17) is 5.73 Å². The first-order chi connectivity index (χ1) is 6.74. The van der Waals surface area contributed by atoms with Crippen LogP contribution in [0, 0.1) is 5.92 Å². The van der Waals surface area contributed by atoms with Crippen molar-refractivity contribution in [1.29, 1.82) is 0 Å². The summed E-state index contributed by atoms with van der Waals surface area (Å²) in [6, 6.07) is 0. The van der Waals surface area contributed by atoms with Gasteiger partial charge in [0.1, 0.15) is 0 Å². The molecule has 1 aliphatic rings. The molecule has 1 aliphatic carbocycles. The number of carbonyl (C=O) groups excluding carboxylic acids is 1. The molecule has 0 saturated heterocycles. The van der Waals surface area contributed by atoms with Crippen LogP contribution in [0.5, 0.6) is 0 Å². The molecule has 1 rings (SSSR count). The lowest BCUT2D eigenvalue weighted by atomic mass is 10.1. The second-order valence-corrected chi connectivity index (χ2v) is 3.71. The molecule has 1 saturated carbocycles. The van der Waals surface area contributed by atoms with Crippen molar-refractivity contribution < 1.29 is 4.79 Å². The maximum atomic E-state index is 10.9. The van der Waals surface area contributed by atoms with Gasteiger partial charge in [-0.05, 0) is 12.8 Å². The molecule has 0 atom stereocenters. The molecule has 0 radical (unpaired) electrons. The highest BCUT2D eigenvalue weighted by atomic mass is 16.1. The van der Waals surface area contributed by atoms with E-state index in [2.05, 4.69) is 10.3 Å². The van der Waals surface area contributed by atoms with Gasteiger partial charge in [0.15, 0.2) is 0 Å². The van der Waals surface area contributed by atoms with Crippen LogP contribution in [-0.4, -0.2) is 25.3 Å². The smallest absolute Gasteiger partial charge is 0.221 e. The van der Waals surface area contributed by atoms with Gasteiger partial charge >= 0.3 is 0 Å². The maximum absolute atomic E-state index is 10.9. The molecular weight excluding hydrogens is 178 g/mol. The lowest BCUT2D eigenvalue weighted by Gasteiger charge is -2.07. The molecule has 14 heavy (non-hydrogen) atoms. The zero-order valence-corrected chi connectivity index (χ0v) is 8.75. The Morgan fingerprint density at radius 1 is 1.50 bits per heavy atom. The molecule has 4 nitrogen and oxygen atoms in total. The molecule has 0 bridgehead atoms. The Morgan fingerprint density at radius 3 is 2.71 bits per heavy atom. The second kappa shape index (κ2) is 5.62. The first kappa shape index (κ1) is 11.0. The van der Waals surface area contributed by atoms with Crippen molar-refractivity contribution in [3.8, 4) is 0 Å². The summed E-state index contributed by atoms with van der Waals surface area (Å²) < 4.78 is 0. The van der Waals surface area contributed by atoms with E-state index >= 15 is 0 Å². The Kier molecular flexibility index (Phi) is 4.43. The fourth-order valence-electron chi connectivity index (χ4n) is 1.76. The zero-order valence-electron chi connectivity index (χ0n) is 8.75. The molecule has 1 amide bonds. The summed E-state index contributed by atoms with van der Waals surface area (Å²) in [5, 5.41) is 2.56. The van der Waals surface area contributed by atoms with Gasteiger partial charge in [-0.2, -0.15) is 0 Å². The molecule has 0 aromatic heterocycles. The molecule has 1 fully saturated rings. The van der Waals surface area contributed by atoms with Crippen molar-refractivity contribution in [3.05, 3.63) is 0 Å². The molecule has 0 unspecified atom stereocenters. The van der Waals surface area contributed by atoms with Crippen LogP contribution < -0.4 is 11.1 Å². The standard InChI is InChI=1S/C10H19N3O/c1-12-9(14)6-7-13-10(11)8-4-2-3-5-8/h8H,2-7H2,1H3,(H2,11,13)(H,12,14). The number of hydrogen-bond acceptors (Lipinski definition) is 2. The summed E-state index contributed by atoms with van der Waals surface area (Å²) in [6.07, 6.45) is 5.28. The molecule has 0 aliphatic heterocycles.